The summed E-state index contributed by atoms with van der Waals surface area (Å²) in [5.41, 5.74) is 2.22. The van der Waals surface area contributed by atoms with E-state index in [1.807, 2.05) is 38.1 Å². The second-order valence-electron chi connectivity index (χ2n) is 8.02. The second kappa shape index (κ2) is 10.3. The number of ether oxygens (including phenoxy) is 3. The van der Waals surface area contributed by atoms with Gasteiger partial charge in [-0.25, -0.2) is 14.5 Å². The zero-order valence-electron chi connectivity index (χ0n) is 19.9. The van der Waals surface area contributed by atoms with Crippen molar-refractivity contribution >= 4 is 28.6 Å². The first kappa shape index (κ1) is 23.7. The Hall–Kier alpha value is -4.40. The normalized spacial score (nSPS) is 10.9. The lowest BCUT2D eigenvalue weighted by Crippen LogP contribution is -2.23. The van der Waals surface area contributed by atoms with Gasteiger partial charge in [0.05, 0.1) is 37.2 Å². The number of nitrogens with one attached hydrogen (secondary N) is 1. The summed E-state index contributed by atoms with van der Waals surface area (Å²) in [7, 11) is 3.12. The van der Waals surface area contributed by atoms with E-state index < -0.39 is 18.5 Å². The smallest absolute Gasteiger partial charge is 0.339 e. The fourth-order valence-electron chi connectivity index (χ4n) is 3.70. The molecule has 0 aliphatic carbocycles. The summed E-state index contributed by atoms with van der Waals surface area (Å²) >= 11 is 0. The number of hydrogen-bond donors (Lipinski definition) is 1. The zero-order valence-corrected chi connectivity index (χ0v) is 19.9. The Bertz CT molecular complexity index is 1380. The molecule has 2 aromatic carbocycles. The van der Waals surface area contributed by atoms with Gasteiger partial charge >= 0.3 is 5.97 Å². The van der Waals surface area contributed by atoms with Crippen LogP contribution in [0.15, 0.2) is 60.8 Å². The molecule has 35 heavy (non-hydrogen) atoms. The minimum atomic E-state index is -0.627. The van der Waals surface area contributed by atoms with E-state index in [1.54, 1.807) is 55.4 Å². The molecule has 0 saturated carbocycles. The number of rotatable bonds is 8. The fourth-order valence-corrected chi connectivity index (χ4v) is 3.70. The van der Waals surface area contributed by atoms with Crippen LogP contribution >= 0.6 is 0 Å². The average Bonchev–Trinajstić information content (AvgIpc) is 3.34. The van der Waals surface area contributed by atoms with Crippen molar-refractivity contribution in [1.82, 2.24) is 14.8 Å². The number of hydrogen-bond acceptors (Lipinski definition) is 7. The fraction of sp³-hybridized carbons (Fsp3) is 0.231. The van der Waals surface area contributed by atoms with Crippen LogP contribution in [0.25, 0.3) is 22.2 Å². The highest BCUT2D eigenvalue weighted by Crippen LogP contribution is 2.33. The van der Waals surface area contributed by atoms with E-state index in [0.29, 0.717) is 39.5 Å². The van der Waals surface area contributed by atoms with Crippen LogP contribution in [-0.2, 0) is 9.53 Å². The molecule has 4 rings (SSSR count). The highest BCUT2D eigenvalue weighted by atomic mass is 16.5. The lowest BCUT2D eigenvalue weighted by molar-refractivity contribution is -0.119. The molecule has 0 aliphatic rings. The zero-order chi connectivity index (χ0) is 24.9. The van der Waals surface area contributed by atoms with Crippen molar-refractivity contribution in [1.29, 1.82) is 0 Å². The molecule has 0 fully saturated rings. The lowest BCUT2D eigenvalue weighted by atomic mass is 10.0. The summed E-state index contributed by atoms with van der Waals surface area (Å²) in [6, 6.07) is 16.1. The number of nitrogens with zero attached hydrogens (tertiary/aromatic N) is 3. The van der Waals surface area contributed by atoms with Crippen LogP contribution < -0.4 is 14.8 Å². The number of para-hydroxylation sites is 1. The Morgan fingerprint density at radius 1 is 1.00 bits per heavy atom. The Kier molecular flexibility index (Phi) is 6.96. The monoisotopic (exact) mass is 474 g/mol. The Labute approximate surface area is 202 Å². The summed E-state index contributed by atoms with van der Waals surface area (Å²) in [4.78, 5) is 30.2. The van der Waals surface area contributed by atoms with E-state index in [9.17, 15) is 9.59 Å². The minimum absolute atomic E-state index is 0.0704. The predicted molar refractivity (Wildman–Crippen MR) is 132 cm³/mol. The molecule has 9 nitrogen and oxygen atoms in total. The third-order valence-corrected chi connectivity index (χ3v) is 5.38. The van der Waals surface area contributed by atoms with Gasteiger partial charge in [-0.1, -0.05) is 18.2 Å². The molecule has 9 heteroatoms. The van der Waals surface area contributed by atoms with Crippen LogP contribution in [0.2, 0.25) is 0 Å². The van der Waals surface area contributed by atoms with Crippen molar-refractivity contribution in [2.75, 3.05) is 26.1 Å². The number of benzene rings is 2. The summed E-state index contributed by atoms with van der Waals surface area (Å²) in [5.74, 6) is 0.575. The average molecular weight is 475 g/mol. The molecule has 180 valence electrons. The predicted octanol–water partition coefficient (Wildman–Crippen LogP) is 4.49. The Balaban J connectivity index is 1.59. The molecule has 0 bridgehead atoms. The van der Waals surface area contributed by atoms with Gasteiger partial charge in [-0.2, -0.15) is 5.10 Å². The topological polar surface area (TPSA) is 105 Å². The summed E-state index contributed by atoms with van der Waals surface area (Å²) in [6.45, 7) is 3.46. The summed E-state index contributed by atoms with van der Waals surface area (Å²) in [5, 5.41) is 7.53. The molecule has 0 radical (unpaired) electrons. The third kappa shape index (κ3) is 5.08. The molecule has 0 saturated heterocycles. The first-order chi connectivity index (χ1) is 16.9. The van der Waals surface area contributed by atoms with Crippen LogP contribution in [0.1, 0.15) is 30.2 Å². The van der Waals surface area contributed by atoms with E-state index in [2.05, 4.69) is 10.4 Å². The van der Waals surface area contributed by atoms with Gasteiger partial charge in [0.15, 0.2) is 18.1 Å². The standard InChI is InChI=1S/C26H26N4O5/c1-16(2)30-24(11-12-27-30)29-25(31)15-35-26(32)19-14-21(28-20-8-6-5-7-18(19)20)17-9-10-22(33-3)23(13-17)34-4/h5-14,16H,15H2,1-4H3,(H,29,31). The van der Waals surface area contributed by atoms with Crippen LogP contribution in [0, 0.1) is 0 Å². The number of pyridine rings is 1. The first-order valence-corrected chi connectivity index (χ1v) is 11.0. The van der Waals surface area contributed by atoms with Crippen LogP contribution in [0.5, 0.6) is 11.5 Å². The maximum atomic E-state index is 13.1. The van der Waals surface area contributed by atoms with Crippen molar-refractivity contribution < 1.29 is 23.8 Å². The molecule has 0 unspecified atom stereocenters. The number of carbonyl (C=O) groups is 2. The molecular weight excluding hydrogens is 448 g/mol. The highest BCUT2D eigenvalue weighted by molar-refractivity contribution is 6.05. The van der Waals surface area contributed by atoms with Gasteiger partial charge in [-0.05, 0) is 44.2 Å². The molecule has 1 amide bonds. The molecule has 1 N–H and O–H groups in total. The molecule has 2 heterocycles. The number of carbonyl (C=O) groups excluding carboxylic acids is 2. The van der Waals surface area contributed by atoms with Crippen molar-refractivity contribution in [3.63, 3.8) is 0 Å². The Morgan fingerprint density at radius 3 is 2.51 bits per heavy atom. The number of anilines is 1. The van der Waals surface area contributed by atoms with Gasteiger partial charge in [0.1, 0.15) is 5.82 Å². The molecular formula is C26H26N4O5. The van der Waals surface area contributed by atoms with Crippen LogP contribution in [0.4, 0.5) is 5.82 Å². The van der Waals surface area contributed by atoms with Gasteiger partial charge in [-0.15, -0.1) is 0 Å². The second-order valence-corrected chi connectivity index (χ2v) is 8.02. The van der Waals surface area contributed by atoms with Gasteiger partial charge in [-0.3, -0.25) is 4.79 Å². The van der Waals surface area contributed by atoms with E-state index in [0.717, 1.165) is 5.56 Å². The first-order valence-electron chi connectivity index (χ1n) is 11.0. The number of amides is 1. The SMILES string of the molecule is COc1ccc(-c2cc(C(=O)OCC(=O)Nc3ccnn3C(C)C)c3ccccc3n2)cc1OC. The maximum Gasteiger partial charge on any atom is 0.339 e. The minimum Gasteiger partial charge on any atom is -0.493 e. The van der Waals surface area contributed by atoms with Crippen molar-refractivity contribution in [3.05, 3.63) is 66.4 Å². The summed E-state index contributed by atoms with van der Waals surface area (Å²) < 4.78 is 17.7. The van der Waals surface area contributed by atoms with Gasteiger partial charge in [0.25, 0.3) is 5.91 Å². The Morgan fingerprint density at radius 2 is 1.77 bits per heavy atom. The van der Waals surface area contributed by atoms with E-state index in [-0.39, 0.29) is 6.04 Å². The largest absolute Gasteiger partial charge is 0.493 e. The quantitative estimate of drug-likeness (QED) is 0.375. The van der Waals surface area contributed by atoms with Gasteiger partial charge in [0, 0.05) is 23.1 Å². The molecule has 0 spiro atoms. The van der Waals surface area contributed by atoms with Crippen molar-refractivity contribution in [2.45, 2.75) is 19.9 Å². The highest BCUT2D eigenvalue weighted by Gasteiger charge is 2.18. The third-order valence-electron chi connectivity index (χ3n) is 5.38. The molecule has 2 aromatic heterocycles. The number of fused-ring (bicyclic) bond motifs is 1. The summed E-state index contributed by atoms with van der Waals surface area (Å²) in [6.07, 6.45) is 1.60. The van der Waals surface area contributed by atoms with E-state index in [1.165, 1.54) is 0 Å². The van der Waals surface area contributed by atoms with Crippen LogP contribution in [0.3, 0.4) is 0 Å². The van der Waals surface area contributed by atoms with E-state index in [4.69, 9.17) is 19.2 Å². The number of methoxy groups -OCH3 is 2. The molecule has 0 atom stereocenters. The number of esters is 1. The molecule has 4 aromatic rings. The van der Waals surface area contributed by atoms with Crippen LogP contribution in [-0.4, -0.2) is 47.5 Å². The van der Waals surface area contributed by atoms with Crippen molar-refractivity contribution in [2.24, 2.45) is 0 Å². The lowest BCUT2D eigenvalue weighted by Gasteiger charge is -2.13. The number of aromatic nitrogens is 3. The van der Waals surface area contributed by atoms with Gasteiger partial charge in [0.2, 0.25) is 0 Å². The maximum absolute atomic E-state index is 13.1. The molecule has 0 aliphatic heterocycles. The van der Waals surface area contributed by atoms with Crippen molar-refractivity contribution in [3.8, 4) is 22.8 Å². The van der Waals surface area contributed by atoms with Gasteiger partial charge < -0.3 is 19.5 Å². The van der Waals surface area contributed by atoms with E-state index >= 15 is 0 Å².